The fourth-order valence-electron chi connectivity index (χ4n) is 1.19. The Kier molecular flexibility index (Phi) is 2.91. The third kappa shape index (κ3) is 2.73. The maximum absolute atomic E-state index is 5.50. The zero-order valence-electron chi connectivity index (χ0n) is 8.42. The molecule has 0 bridgehead atoms. The Bertz CT molecular complexity index is 435. The molecule has 0 saturated carbocycles. The van der Waals surface area contributed by atoms with Crippen molar-refractivity contribution in [3.05, 3.63) is 36.3 Å². The number of thioether (sulfide) groups is 1. The Hall–Kier alpha value is -1.49. The summed E-state index contributed by atoms with van der Waals surface area (Å²) in [5, 5.41) is 4.11. The van der Waals surface area contributed by atoms with Crippen LogP contribution in [0.2, 0.25) is 0 Å². The number of hydrogen-bond acceptors (Lipinski definition) is 4. The van der Waals surface area contributed by atoms with Gasteiger partial charge < -0.3 is 5.73 Å². The van der Waals surface area contributed by atoms with E-state index in [1.54, 1.807) is 22.6 Å². The highest BCUT2D eigenvalue weighted by Crippen LogP contribution is 2.21. The number of aromatic nitrogens is 3. The molecule has 0 radical (unpaired) electrons. The highest BCUT2D eigenvalue weighted by Gasteiger charge is 1.98. The molecule has 0 aliphatic rings. The van der Waals surface area contributed by atoms with Gasteiger partial charge in [-0.3, -0.25) is 4.68 Å². The fourth-order valence-corrected chi connectivity index (χ4v) is 1.96. The minimum Gasteiger partial charge on any atom is -0.384 e. The van der Waals surface area contributed by atoms with Gasteiger partial charge in [0.2, 0.25) is 0 Å². The largest absolute Gasteiger partial charge is 0.384 e. The molecule has 2 aromatic rings. The van der Waals surface area contributed by atoms with Gasteiger partial charge in [-0.25, -0.2) is 4.98 Å². The molecule has 5 heteroatoms. The number of pyridine rings is 1. The molecule has 2 heterocycles. The van der Waals surface area contributed by atoms with Gasteiger partial charge in [0.1, 0.15) is 5.82 Å². The molecule has 0 spiro atoms. The van der Waals surface area contributed by atoms with Gasteiger partial charge in [-0.1, -0.05) is 0 Å². The molecule has 0 fully saturated rings. The molecule has 2 N–H and O–H groups in total. The summed E-state index contributed by atoms with van der Waals surface area (Å²) in [5.41, 5.74) is 6.71. The summed E-state index contributed by atoms with van der Waals surface area (Å²) < 4.78 is 1.80. The lowest BCUT2D eigenvalue weighted by Gasteiger charge is -1.99. The summed E-state index contributed by atoms with van der Waals surface area (Å²) in [6, 6.07) is 3.79. The fraction of sp³-hybridized carbons (Fsp3) is 0.200. The van der Waals surface area contributed by atoms with E-state index in [0.717, 1.165) is 10.6 Å². The second-order valence-corrected chi connectivity index (χ2v) is 4.28. The Morgan fingerprint density at radius 3 is 2.87 bits per heavy atom. The van der Waals surface area contributed by atoms with E-state index in [1.165, 1.54) is 5.56 Å². The lowest BCUT2D eigenvalue weighted by Crippen LogP contribution is -1.88. The van der Waals surface area contributed by atoms with E-state index in [9.17, 15) is 0 Å². The minimum absolute atomic E-state index is 0.556. The Labute approximate surface area is 92.5 Å². The van der Waals surface area contributed by atoms with Crippen molar-refractivity contribution in [1.29, 1.82) is 0 Å². The van der Waals surface area contributed by atoms with Crippen LogP contribution in [-0.4, -0.2) is 14.8 Å². The summed E-state index contributed by atoms with van der Waals surface area (Å²) in [6.45, 7) is 0. The van der Waals surface area contributed by atoms with Gasteiger partial charge in [0.25, 0.3) is 0 Å². The van der Waals surface area contributed by atoms with Crippen molar-refractivity contribution in [3.63, 3.8) is 0 Å². The van der Waals surface area contributed by atoms with Crippen LogP contribution in [0, 0.1) is 0 Å². The number of aryl methyl sites for hydroxylation is 1. The van der Waals surface area contributed by atoms with Crippen LogP contribution in [0.25, 0.3) is 0 Å². The van der Waals surface area contributed by atoms with Gasteiger partial charge in [0.05, 0.1) is 6.20 Å². The Morgan fingerprint density at radius 2 is 2.27 bits per heavy atom. The monoisotopic (exact) mass is 220 g/mol. The molecule has 0 aliphatic heterocycles. The topological polar surface area (TPSA) is 56.7 Å². The van der Waals surface area contributed by atoms with Crippen LogP contribution in [-0.2, 0) is 12.8 Å². The molecular formula is C10H12N4S. The molecule has 78 valence electrons. The highest BCUT2D eigenvalue weighted by atomic mass is 32.2. The summed E-state index contributed by atoms with van der Waals surface area (Å²) in [6.07, 6.45) is 5.67. The number of nitrogen functional groups attached to an aromatic ring is 1. The van der Waals surface area contributed by atoms with E-state index < -0.39 is 0 Å². The SMILES string of the molecule is Cn1cc(CSc2ccc(N)nc2)cn1. The highest BCUT2D eigenvalue weighted by molar-refractivity contribution is 7.98. The van der Waals surface area contributed by atoms with Gasteiger partial charge in [0.15, 0.2) is 0 Å². The predicted octanol–water partition coefficient (Wildman–Crippen LogP) is 1.69. The van der Waals surface area contributed by atoms with Crippen LogP contribution < -0.4 is 5.73 Å². The van der Waals surface area contributed by atoms with Crippen molar-refractivity contribution < 1.29 is 0 Å². The van der Waals surface area contributed by atoms with E-state index in [2.05, 4.69) is 10.1 Å². The maximum atomic E-state index is 5.50. The van der Waals surface area contributed by atoms with Crippen molar-refractivity contribution in [2.45, 2.75) is 10.6 Å². The quantitative estimate of drug-likeness (QED) is 0.800. The van der Waals surface area contributed by atoms with Crippen molar-refractivity contribution in [3.8, 4) is 0 Å². The molecule has 0 saturated heterocycles. The van der Waals surface area contributed by atoms with Gasteiger partial charge >= 0.3 is 0 Å². The number of nitrogens with zero attached hydrogens (tertiary/aromatic N) is 3. The van der Waals surface area contributed by atoms with Crippen molar-refractivity contribution in [2.75, 3.05) is 5.73 Å². The zero-order valence-corrected chi connectivity index (χ0v) is 9.24. The maximum Gasteiger partial charge on any atom is 0.123 e. The van der Waals surface area contributed by atoms with E-state index in [1.807, 2.05) is 31.6 Å². The molecule has 15 heavy (non-hydrogen) atoms. The first-order valence-electron chi connectivity index (χ1n) is 4.56. The molecule has 0 aliphatic carbocycles. The first-order chi connectivity index (χ1) is 7.24. The summed E-state index contributed by atoms with van der Waals surface area (Å²) >= 11 is 1.72. The lowest BCUT2D eigenvalue weighted by atomic mass is 10.4. The summed E-state index contributed by atoms with van der Waals surface area (Å²) in [4.78, 5) is 5.15. The van der Waals surface area contributed by atoms with E-state index >= 15 is 0 Å². The third-order valence-corrected chi connectivity index (χ3v) is 2.98. The van der Waals surface area contributed by atoms with Gasteiger partial charge in [-0.2, -0.15) is 5.10 Å². The first-order valence-corrected chi connectivity index (χ1v) is 5.54. The number of anilines is 1. The minimum atomic E-state index is 0.556. The molecule has 0 unspecified atom stereocenters. The van der Waals surface area contributed by atoms with Gasteiger partial charge in [-0.05, 0) is 12.1 Å². The molecule has 0 atom stereocenters. The molecule has 0 amide bonds. The van der Waals surface area contributed by atoms with Crippen LogP contribution in [0.5, 0.6) is 0 Å². The zero-order chi connectivity index (χ0) is 10.7. The number of rotatable bonds is 3. The van der Waals surface area contributed by atoms with Crippen molar-refractivity contribution in [2.24, 2.45) is 7.05 Å². The van der Waals surface area contributed by atoms with E-state index in [0.29, 0.717) is 5.82 Å². The van der Waals surface area contributed by atoms with Gasteiger partial charge in [-0.15, -0.1) is 11.8 Å². The molecule has 2 rings (SSSR count). The Morgan fingerprint density at radius 1 is 1.40 bits per heavy atom. The van der Waals surface area contributed by atoms with Crippen LogP contribution >= 0.6 is 11.8 Å². The third-order valence-electron chi connectivity index (χ3n) is 1.92. The average molecular weight is 220 g/mol. The standard InChI is InChI=1S/C10H12N4S/c1-14-6-8(4-13-14)7-15-9-2-3-10(11)12-5-9/h2-6H,7H2,1H3,(H2,11,12). The second-order valence-electron chi connectivity index (χ2n) is 3.23. The van der Waals surface area contributed by atoms with Crippen LogP contribution in [0.3, 0.4) is 0 Å². The number of nitrogens with two attached hydrogens (primary N) is 1. The van der Waals surface area contributed by atoms with Crippen LogP contribution in [0.15, 0.2) is 35.6 Å². The van der Waals surface area contributed by atoms with Crippen molar-refractivity contribution in [1.82, 2.24) is 14.8 Å². The van der Waals surface area contributed by atoms with E-state index in [-0.39, 0.29) is 0 Å². The first kappa shape index (κ1) is 10.0. The van der Waals surface area contributed by atoms with Crippen LogP contribution in [0.1, 0.15) is 5.56 Å². The predicted molar refractivity (Wildman–Crippen MR) is 61.4 cm³/mol. The van der Waals surface area contributed by atoms with Crippen molar-refractivity contribution >= 4 is 17.6 Å². The smallest absolute Gasteiger partial charge is 0.123 e. The molecule has 2 aromatic heterocycles. The average Bonchev–Trinajstić information content (AvgIpc) is 2.64. The second kappa shape index (κ2) is 4.35. The number of hydrogen-bond donors (Lipinski definition) is 1. The molecule has 4 nitrogen and oxygen atoms in total. The lowest BCUT2D eigenvalue weighted by molar-refractivity contribution is 0.767. The molecule has 0 aromatic carbocycles. The van der Waals surface area contributed by atoms with Crippen LogP contribution in [0.4, 0.5) is 5.82 Å². The normalized spacial score (nSPS) is 10.5. The Balaban J connectivity index is 1.96. The van der Waals surface area contributed by atoms with E-state index in [4.69, 9.17) is 5.73 Å². The summed E-state index contributed by atoms with van der Waals surface area (Å²) in [5.74, 6) is 1.46. The van der Waals surface area contributed by atoms with Gasteiger partial charge in [0, 0.05) is 35.7 Å². The summed E-state index contributed by atoms with van der Waals surface area (Å²) in [7, 11) is 1.92. The molecular weight excluding hydrogens is 208 g/mol.